The maximum atomic E-state index is 11.2. The van der Waals surface area contributed by atoms with Crippen LogP contribution in [0.15, 0.2) is 72.8 Å². The van der Waals surface area contributed by atoms with E-state index < -0.39 is 5.97 Å². The van der Waals surface area contributed by atoms with Gasteiger partial charge in [-0.1, -0.05) is 59.3 Å². The highest BCUT2D eigenvalue weighted by Crippen LogP contribution is 2.26. The van der Waals surface area contributed by atoms with Crippen molar-refractivity contribution in [1.82, 2.24) is 20.0 Å². The molecule has 2 aromatic heterocycles. The van der Waals surface area contributed by atoms with Crippen LogP contribution in [0.3, 0.4) is 0 Å². The molecule has 0 saturated heterocycles. The number of fused-ring (bicyclic) bond motifs is 2. The fraction of sp³-hybridized carbons (Fsp3) is 0.0435. The molecule has 3 aromatic carbocycles. The Morgan fingerprint density at radius 2 is 1.80 bits per heavy atom. The molecule has 30 heavy (non-hydrogen) atoms. The van der Waals surface area contributed by atoms with E-state index in [1.54, 1.807) is 16.8 Å². The molecule has 6 nitrogen and oxygen atoms in total. The first kappa shape index (κ1) is 18.3. The monoisotopic (exact) mass is 414 g/mol. The van der Waals surface area contributed by atoms with Crippen LogP contribution in [0.5, 0.6) is 0 Å². The molecule has 0 radical (unpaired) electrons. The van der Waals surface area contributed by atoms with Gasteiger partial charge >= 0.3 is 5.97 Å². The zero-order valence-corrected chi connectivity index (χ0v) is 16.4. The summed E-state index contributed by atoms with van der Waals surface area (Å²) in [5.74, 6) is -1.06. The molecule has 0 aliphatic carbocycles. The summed E-state index contributed by atoms with van der Waals surface area (Å²) in [5.41, 5.74) is 3.90. The van der Waals surface area contributed by atoms with Crippen LogP contribution >= 0.6 is 11.6 Å². The molecule has 2 heterocycles. The number of rotatable bonds is 4. The third-order valence-electron chi connectivity index (χ3n) is 5.00. The standard InChI is InChI=1S/C23H15ClN4O2/c24-19-12-17(7-8-18(19)23(29)30)20-9-10-21-22(25-20)28(27-26-21)13-14-5-6-15-3-1-2-4-16(15)11-14/h1-12H,13H2,(H,29,30). The van der Waals surface area contributed by atoms with Gasteiger partial charge in [-0.15, -0.1) is 5.10 Å². The van der Waals surface area contributed by atoms with Crippen molar-refractivity contribution in [3.8, 4) is 11.3 Å². The van der Waals surface area contributed by atoms with Crippen molar-refractivity contribution in [2.75, 3.05) is 0 Å². The van der Waals surface area contributed by atoms with Crippen molar-refractivity contribution in [3.63, 3.8) is 0 Å². The van der Waals surface area contributed by atoms with Crippen LogP contribution in [0.4, 0.5) is 0 Å². The number of hydrogen-bond acceptors (Lipinski definition) is 4. The lowest BCUT2D eigenvalue weighted by Gasteiger charge is -2.07. The number of aromatic nitrogens is 4. The Labute approximate surface area is 176 Å². The topological polar surface area (TPSA) is 80.9 Å². The van der Waals surface area contributed by atoms with E-state index in [0.29, 0.717) is 23.4 Å². The van der Waals surface area contributed by atoms with Crippen molar-refractivity contribution >= 4 is 39.5 Å². The molecule has 0 saturated carbocycles. The number of pyridine rings is 1. The molecular weight excluding hydrogens is 400 g/mol. The quantitative estimate of drug-likeness (QED) is 0.445. The summed E-state index contributed by atoms with van der Waals surface area (Å²) in [5, 5.41) is 20.2. The van der Waals surface area contributed by atoms with Crippen LogP contribution in [-0.4, -0.2) is 31.1 Å². The maximum absolute atomic E-state index is 11.2. The lowest BCUT2D eigenvalue weighted by molar-refractivity contribution is 0.0697. The van der Waals surface area contributed by atoms with Gasteiger partial charge in [0.05, 0.1) is 22.8 Å². The van der Waals surface area contributed by atoms with Crippen LogP contribution < -0.4 is 0 Å². The van der Waals surface area contributed by atoms with Crippen LogP contribution in [-0.2, 0) is 6.54 Å². The maximum Gasteiger partial charge on any atom is 0.337 e. The average molecular weight is 415 g/mol. The number of aromatic carboxylic acids is 1. The Hall–Kier alpha value is -3.77. The predicted molar refractivity (Wildman–Crippen MR) is 116 cm³/mol. The van der Waals surface area contributed by atoms with Crippen molar-refractivity contribution in [3.05, 3.63) is 88.9 Å². The van der Waals surface area contributed by atoms with Crippen molar-refractivity contribution in [1.29, 1.82) is 0 Å². The van der Waals surface area contributed by atoms with Crippen molar-refractivity contribution in [2.45, 2.75) is 6.54 Å². The summed E-state index contributed by atoms with van der Waals surface area (Å²) in [7, 11) is 0. The lowest BCUT2D eigenvalue weighted by atomic mass is 10.1. The number of nitrogens with zero attached hydrogens (tertiary/aromatic N) is 4. The molecule has 1 N–H and O–H groups in total. The highest BCUT2D eigenvalue weighted by molar-refractivity contribution is 6.33. The molecule has 7 heteroatoms. The van der Waals surface area contributed by atoms with Gasteiger partial charge < -0.3 is 5.11 Å². The van der Waals surface area contributed by atoms with Gasteiger partial charge in [0.1, 0.15) is 5.52 Å². The van der Waals surface area contributed by atoms with E-state index >= 15 is 0 Å². The van der Waals surface area contributed by atoms with E-state index in [1.807, 2.05) is 24.3 Å². The number of hydrogen-bond donors (Lipinski definition) is 1. The summed E-state index contributed by atoms with van der Waals surface area (Å²) in [4.78, 5) is 15.9. The van der Waals surface area contributed by atoms with Gasteiger partial charge in [0.2, 0.25) is 0 Å². The minimum Gasteiger partial charge on any atom is -0.478 e. The third kappa shape index (κ3) is 3.27. The molecule has 0 bridgehead atoms. The second kappa shape index (κ2) is 7.24. The Morgan fingerprint density at radius 3 is 2.60 bits per heavy atom. The van der Waals surface area contributed by atoms with Crippen LogP contribution in [0.1, 0.15) is 15.9 Å². The van der Waals surface area contributed by atoms with Gasteiger partial charge in [-0.05, 0) is 46.7 Å². The van der Waals surface area contributed by atoms with Crippen LogP contribution in [0.2, 0.25) is 5.02 Å². The Morgan fingerprint density at radius 1 is 0.967 bits per heavy atom. The zero-order chi connectivity index (χ0) is 20.7. The highest BCUT2D eigenvalue weighted by atomic mass is 35.5. The number of carboxylic acids is 1. The molecular formula is C23H15ClN4O2. The van der Waals surface area contributed by atoms with Gasteiger partial charge in [-0.25, -0.2) is 14.5 Å². The highest BCUT2D eigenvalue weighted by Gasteiger charge is 2.13. The number of benzene rings is 3. The van der Waals surface area contributed by atoms with E-state index in [-0.39, 0.29) is 10.6 Å². The Kier molecular flexibility index (Phi) is 4.41. The van der Waals surface area contributed by atoms with Gasteiger partial charge in [0, 0.05) is 5.56 Å². The smallest absolute Gasteiger partial charge is 0.337 e. The minimum atomic E-state index is -1.06. The molecule has 0 spiro atoms. The summed E-state index contributed by atoms with van der Waals surface area (Å²) in [6.07, 6.45) is 0. The SMILES string of the molecule is O=C(O)c1ccc(-c2ccc3nnn(Cc4ccc5ccccc5c4)c3n2)cc1Cl. The fourth-order valence-corrected chi connectivity index (χ4v) is 3.74. The van der Waals surface area contributed by atoms with E-state index in [4.69, 9.17) is 21.7 Å². The first-order valence-corrected chi connectivity index (χ1v) is 9.67. The third-order valence-corrected chi connectivity index (χ3v) is 5.31. The molecule has 0 atom stereocenters. The van der Waals surface area contributed by atoms with Gasteiger partial charge in [0.25, 0.3) is 0 Å². The Balaban J connectivity index is 1.52. The number of carbonyl (C=O) groups is 1. The first-order valence-electron chi connectivity index (χ1n) is 9.30. The Bertz CT molecular complexity index is 1430. The molecule has 0 amide bonds. The largest absolute Gasteiger partial charge is 0.478 e. The number of carboxylic acid groups (broad SMARTS) is 1. The molecule has 0 aliphatic rings. The fourth-order valence-electron chi connectivity index (χ4n) is 3.48. The normalized spacial score (nSPS) is 11.2. The first-order chi connectivity index (χ1) is 14.6. The molecule has 5 aromatic rings. The van der Waals surface area contributed by atoms with E-state index in [1.165, 1.54) is 16.8 Å². The predicted octanol–water partition coefficient (Wildman–Crippen LogP) is 5.05. The van der Waals surface area contributed by atoms with Gasteiger partial charge in [0.15, 0.2) is 5.65 Å². The second-order valence-corrected chi connectivity index (χ2v) is 7.37. The minimum absolute atomic E-state index is 0.0597. The zero-order valence-electron chi connectivity index (χ0n) is 15.7. The molecule has 0 unspecified atom stereocenters. The second-order valence-electron chi connectivity index (χ2n) is 6.97. The summed E-state index contributed by atoms with van der Waals surface area (Å²) >= 11 is 6.12. The van der Waals surface area contributed by atoms with Gasteiger partial charge in [-0.2, -0.15) is 0 Å². The molecule has 146 valence electrons. The lowest BCUT2D eigenvalue weighted by Crippen LogP contribution is -2.03. The summed E-state index contributed by atoms with van der Waals surface area (Å²) in [6, 6.07) is 23.0. The van der Waals surface area contributed by atoms with E-state index in [2.05, 4.69) is 40.6 Å². The van der Waals surface area contributed by atoms with Crippen molar-refractivity contribution in [2.24, 2.45) is 0 Å². The van der Waals surface area contributed by atoms with Gasteiger partial charge in [-0.3, -0.25) is 0 Å². The molecule has 0 aliphatic heterocycles. The van der Waals surface area contributed by atoms with E-state index in [0.717, 1.165) is 11.1 Å². The summed E-state index contributed by atoms with van der Waals surface area (Å²) in [6.45, 7) is 0.538. The number of halogens is 1. The summed E-state index contributed by atoms with van der Waals surface area (Å²) < 4.78 is 1.76. The molecule has 0 fully saturated rings. The van der Waals surface area contributed by atoms with E-state index in [9.17, 15) is 4.79 Å². The molecule has 5 rings (SSSR count). The van der Waals surface area contributed by atoms with Crippen LogP contribution in [0.25, 0.3) is 33.2 Å². The van der Waals surface area contributed by atoms with Crippen molar-refractivity contribution < 1.29 is 9.90 Å². The average Bonchev–Trinajstić information content (AvgIpc) is 3.15. The van der Waals surface area contributed by atoms with Crippen LogP contribution in [0, 0.1) is 0 Å².